The minimum atomic E-state index is -3.91. The highest BCUT2D eigenvalue weighted by Gasteiger charge is 2.61. The van der Waals surface area contributed by atoms with Crippen LogP contribution in [-0.2, 0) is 14.3 Å². The first-order valence-electron chi connectivity index (χ1n) is 5.66. The number of carbonyl (C=O) groups excluding carboxylic acids is 1. The average molecular weight is 252 g/mol. The number of hydrogen-bond donors (Lipinski definition) is 1. The van der Waals surface area contributed by atoms with E-state index in [1.54, 1.807) is 13.8 Å². The molecule has 17 heavy (non-hydrogen) atoms. The Balaban J connectivity index is 2.90. The molecule has 100 valence electrons. The Kier molecular flexibility index (Phi) is 4.09. The van der Waals surface area contributed by atoms with Crippen LogP contribution in [0.1, 0.15) is 33.6 Å². The second-order valence-electron chi connectivity index (χ2n) is 4.49. The largest absolute Gasteiger partial charge is 0.461 e. The second kappa shape index (κ2) is 4.86. The van der Waals surface area contributed by atoms with Crippen molar-refractivity contribution in [3.8, 4) is 0 Å². The molecule has 1 heterocycles. The van der Waals surface area contributed by atoms with Gasteiger partial charge in [0, 0.05) is 12.8 Å². The van der Waals surface area contributed by atoms with Gasteiger partial charge in [0.1, 0.15) is 5.60 Å². The third-order valence-electron chi connectivity index (χ3n) is 2.83. The normalized spacial score (nSPS) is 34.5. The number of rotatable bonds is 3. The molecule has 2 unspecified atom stereocenters. The number of carbonyl (C=O) groups is 1. The van der Waals surface area contributed by atoms with Crippen molar-refractivity contribution in [3.63, 3.8) is 0 Å². The predicted octanol–water partition coefficient (Wildman–Crippen LogP) is 1.50. The van der Waals surface area contributed by atoms with Crippen molar-refractivity contribution in [1.29, 1.82) is 0 Å². The van der Waals surface area contributed by atoms with Crippen LogP contribution in [0.5, 0.6) is 0 Å². The van der Waals surface area contributed by atoms with Crippen molar-refractivity contribution < 1.29 is 28.2 Å². The molecule has 1 aliphatic rings. The summed E-state index contributed by atoms with van der Waals surface area (Å²) >= 11 is 0. The molecule has 0 aromatic rings. The molecule has 0 spiro atoms. The van der Waals surface area contributed by atoms with Gasteiger partial charge in [0.2, 0.25) is 0 Å². The van der Waals surface area contributed by atoms with Crippen LogP contribution in [0.3, 0.4) is 0 Å². The van der Waals surface area contributed by atoms with Gasteiger partial charge in [-0.1, -0.05) is 0 Å². The zero-order valence-electron chi connectivity index (χ0n) is 10.2. The summed E-state index contributed by atoms with van der Waals surface area (Å²) in [5.41, 5.74) is -2.39. The van der Waals surface area contributed by atoms with E-state index < -0.39 is 29.7 Å². The van der Waals surface area contributed by atoms with E-state index in [0.29, 0.717) is 0 Å². The van der Waals surface area contributed by atoms with E-state index in [2.05, 4.69) is 4.74 Å². The Morgan fingerprint density at radius 2 is 1.94 bits per heavy atom. The maximum atomic E-state index is 13.8. The molecule has 0 bridgehead atoms. The maximum absolute atomic E-state index is 13.8. The Labute approximate surface area is 98.9 Å². The molecule has 2 atom stereocenters. The summed E-state index contributed by atoms with van der Waals surface area (Å²) in [6.45, 7) is 4.46. The van der Waals surface area contributed by atoms with Crippen molar-refractivity contribution in [2.45, 2.75) is 57.3 Å². The van der Waals surface area contributed by atoms with Gasteiger partial charge in [-0.25, -0.2) is 4.79 Å². The lowest BCUT2D eigenvalue weighted by Crippen LogP contribution is -2.59. The van der Waals surface area contributed by atoms with Gasteiger partial charge in [-0.05, 0) is 20.8 Å². The molecule has 6 heteroatoms. The molecule has 4 nitrogen and oxygen atoms in total. The van der Waals surface area contributed by atoms with Gasteiger partial charge < -0.3 is 14.6 Å². The standard InChI is InChI=1S/C11H18F2O4/c1-4-16-9(14)11(12,13)10(15)5-7(2)17-8(3)6-10/h7-8,15H,4-6H2,1-3H3. The van der Waals surface area contributed by atoms with E-state index in [0.717, 1.165) is 0 Å². The predicted molar refractivity (Wildman–Crippen MR) is 55.8 cm³/mol. The van der Waals surface area contributed by atoms with E-state index in [1.807, 2.05) is 0 Å². The van der Waals surface area contributed by atoms with E-state index in [1.165, 1.54) is 6.92 Å². The van der Waals surface area contributed by atoms with Crippen LogP contribution in [0.4, 0.5) is 8.78 Å². The average Bonchev–Trinajstić information content (AvgIpc) is 2.15. The topological polar surface area (TPSA) is 55.8 Å². The van der Waals surface area contributed by atoms with E-state index >= 15 is 0 Å². The summed E-state index contributed by atoms with van der Waals surface area (Å²) in [5, 5.41) is 10.0. The minimum Gasteiger partial charge on any atom is -0.461 e. The molecule has 1 fully saturated rings. The van der Waals surface area contributed by atoms with Crippen molar-refractivity contribution in [1.82, 2.24) is 0 Å². The summed E-state index contributed by atoms with van der Waals surface area (Å²) < 4.78 is 37.3. The fourth-order valence-electron chi connectivity index (χ4n) is 2.20. The van der Waals surface area contributed by atoms with Crippen molar-refractivity contribution >= 4 is 5.97 Å². The number of halogens is 2. The smallest absolute Gasteiger partial charge is 0.380 e. The van der Waals surface area contributed by atoms with Crippen molar-refractivity contribution in [2.24, 2.45) is 0 Å². The Morgan fingerprint density at radius 3 is 2.35 bits per heavy atom. The van der Waals surface area contributed by atoms with Crippen LogP contribution in [0.2, 0.25) is 0 Å². The van der Waals surface area contributed by atoms with Gasteiger partial charge in [0.25, 0.3) is 0 Å². The van der Waals surface area contributed by atoms with Gasteiger partial charge in [-0.3, -0.25) is 0 Å². The second-order valence-corrected chi connectivity index (χ2v) is 4.49. The summed E-state index contributed by atoms with van der Waals surface area (Å²) in [7, 11) is 0. The van der Waals surface area contributed by atoms with Crippen LogP contribution in [0.15, 0.2) is 0 Å². The summed E-state index contributed by atoms with van der Waals surface area (Å²) in [6.07, 6.45) is -1.63. The molecule has 1 aliphatic heterocycles. The molecule has 0 aromatic heterocycles. The highest BCUT2D eigenvalue weighted by Crippen LogP contribution is 2.41. The van der Waals surface area contributed by atoms with Gasteiger partial charge >= 0.3 is 11.9 Å². The first-order valence-corrected chi connectivity index (χ1v) is 5.66. The third kappa shape index (κ3) is 2.74. The first-order chi connectivity index (χ1) is 7.73. The monoisotopic (exact) mass is 252 g/mol. The van der Waals surface area contributed by atoms with Crippen LogP contribution in [0, 0.1) is 0 Å². The molecule has 0 saturated carbocycles. The van der Waals surface area contributed by atoms with E-state index in [-0.39, 0.29) is 19.4 Å². The lowest BCUT2D eigenvalue weighted by molar-refractivity contribution is -0.245. The fourth-order valence-corrected chi connectivity index (χ4v) is 2.20. The number of hydrogen-bond acceptors (Lipinski definition) is 4. The molecule has 1 rings (SSSR count). The Hall–Kier alpha value is -0.750. The number of alkyl halides is 2. The molecule has 0 radical (unpaired) electrons. The number of esters is 1. The fraction of sp³-hybridized carbons (Fsp3) is 0.909. The van der Waals surface area contributed by atoms with Crippen molar-refractivity contribution in [3.05, 3.63) is 0 Å². The van der Waals surface area contributed by atoms with Crippen LogP contribution in [0.25, 0.3) is 0 Å². The molecule has 1 N–H and O–H groups in total. The number of aliphatic hydroxyl groups is 1. The van der Waals surface area contributed by atoms with Crippen LogP contribution >= 0.6 is 0 Å². The summed E-state index contributed by atoms with van der Waals surface area (Å²) in [4.78, 5) is 11.2. The van der Waals surface area contributed by atoms with Gasteiger partial charge in [0.15, 0.2) is 0 Å². The molecule has 0 aromatic carbocycles. The molecule has 1 saturated heterocycles. The van der Waals surface area contributed by atoms with Crippen LogP contribution in [-0.4, -0.2) is 41.4 Å². The van der Waals surface area contributed by atoms with Crippen molar-refractivity contribution in [2.75, 3.05) is 6.61 Å². The van der Waals surface area contributed by atoms with Gasteiger partial charge in [0.05, 0.1) is 18.8 Å². The zero-order valence-corrected chi connectivity index (χ0v) is 10.2. The number of ether oxygens (including phenoxy) is 2. The lowest BCUT2D eigenvalue weighted by Gasteiger charge is -2.42. The third-order valence-corrected chi connectivity index (χ3v) is 2.83. The Bertz CT molecular complexity index is 283. The first kappa shape index (κ1) is 14.3. The highest BCUT2D eigenvalue weighted by atomic mass is 19.3. The minimum absolute atomic E-state index is 0.147. The zero-order chi connectivity index (χ0) is 13.3. The molecule has 0 amide bonds. The van der Waals surface area contributed by atoms with E-state index in [9.17, 15) is 18.7 Å². The quantitative estimate of drug-likeness (QED) is 0.773. The van der Waals surface area contributed by atoms with Gasteiger partial charge in [-0.2, -0.15) is 8.78 Å². The SMILES string of the molecule is CCOC(=O)C(F)(F)C1(O)CC(C)OC(C)C1. The molecule has 0 aliphatic carbocycles. The lowest BCUT2D eigenvalue weighted by atomic mass is 9.82. The molecular weight excluding hydrogens is 234 g/mol. The summed E-state index contributed by atoms with van der Waals surface area (Å²) in [6, 6.07) is 0. The molecular formula is C11H18F2O4. The highest BCUT2D eigenvalue weighted by molar-refractivity contribution is 5.79. The van der Waals surface area contributed by atoms with Gasteiger partial charge in [-0.15, -0.1) is 0 Å². The maximum Gasteiger partial charge on any atom is 0.380 e. The summed E-state index contributed by atoms with van der Waals surface area (Å²) in [5.74, 6) is -5.58. The van der Waals surface area contributed by atoms with Crippen LogP contribution < -0.4 is 0 Å². The van der Waals surface area contributed by atoms with E-state index in [4.69, 9.17) is 4.74 Å². The Morgan fingerprint density at radius 1 is 1.47 bits per heavy atom.